The van der Waals surface area contributed by atoms with Crippen LogP contribution in [0.15, 0.2) is 0 Å². The Hall–Kier alpha value is -0.0800. The molecule has 1 heterocycles. The van der Waals surface area contributed by atoms with Crippen molar-refractivity contribution in [2.75, 3.05) is 26.2 Å². The maximum absolute atomic E-state index is 5.54. The van der Waals surface area contributed by atoms with Crippen molar-refractivity contribution in [2.45, 2.75) is 46.5 Å². The van der Waals surface area contributed by atoms with E-state index >= 15 is 0 Å². The van der Waals surface area contributed by atoms with E-state index in [2.05, 4.69) is 25.7 Å². The molecule has 0 radical (unpaired) electrons. The predicted octanol–water partition coefficient (Wildman–Crippen LogP) is 2.48. The Labute approximate surface area is 95.2 Å². The second kappa shape index (κ2) is 5.86. The molecule has 0 aromatic carbocycles. The zero-order valence-corrected chi connectivity index (χ0v) is 10.8. The summed E-state index contributed by atoms with van der Waals surface area (Å²) in [4.78, 5) is 2.64. The fraction of sp³-hybridized carbons (Fsp3) is 1.00. The molecular formula is C13H28N2. The van der Waals surface area contributed by atoms with Crippen LogP contribution < -0.4 is 5.73 Å². The van der Waals surface area contributed by atoms with Gasteiger partial charge >= 0.3 is 0 Å². The van der Waals surface area contributed by atoms with Gasteiger partial charge in [-0.3, -0.25) is 0 Å². The van der Waals surface area contributed by atoms with Crippen LogP contribution >= 0.6 is 0 Å². The smallest absolute Gasteiger partial charge is 0.00328 e. The largest absolute Gasteiger partial charge is 0.330 e. The molecule has 90 valence electrons. The summed E-state index contributed by atoms with van der Waals surface area (Å²) in [7, 11) is 0. The summed E-state index contributed by atoms with van der Waals surface area (Å²) < 4.78 is 0. The first-order valence-corrected chi connectivity index (χ1v) is 6.46. The number of piperidine rings is 1. The Balaban J connectivity index is 2.25. The van der Waals surface area contributed by atoms with Gasteiger partial charge < -0.3 is 10.6 Å². The Morgan fingerprint density at radius 1 is 1.40 bits per heavy atom. The van der Waals surface area contributed by atoms with E-state index in [0.717, 1.165) is 12.5 Å². The van der Waals surface area contributed by atoms with Crippen LogP contribution in [0.25, 0.3) is 0 Å². The molecule has 0 spiro atoms. The fourth-order valence-electron chi connectivity index (χ4n) is 2.70. The highest BCUT2D eigenvalue weighted by atomic mass is 15.1. The number of nitrogens with two attached hydrogens (primary N) is 1. The molecule has 0 aromatic rings. The van der Waals surface area contributed by atoms with Crippen LogP contribution in [0.3, 0.4) is 0 Å². The van der Waals surface area contributed by atoms with Gasteiger partial charge in [-0.05, 0) is 50.1 Å². The van der Waals surface area contributed by atoms with Crippen molar-refractivity contribution in [3.63, 3.8) is 0 Å². The normalized spacial score (nSPS) is 24.0. The summed E-state index contributed by atoms with van der Waals surface area (Å²) >= 11 is 0. The molecule has 1 aliphatic rings. The summed E-state index contributed by atoms with van der Waals surface area (Å²) in [5, 5.41) is 0. The maximum atomic E-state index is 5.54. The van der Waals surface area contributed by atoms with E-state index in [4.69, 9.17) is 5.73 Å². The molecule has 1 rings (SSSR count). The molecule has 1 aliphatic heterocycles. The second-order valence-corrected chi connectivity index (χ2v) is 6.04. The number of likely N-dealkylation sites (tertiary alicyclic amines) is 1. The van der Waals surface area contributed by atoms with Crippen molar-refractivity contribution in [3.05, 3.63) is 0 Å². The van der Waals surface area contributed by atoms with Crippen molar-refractivity contribution < 1.29 is 0 Å². The van der Waals surface area contributed by atoms with Crippen molar-refractivity contribution in [3.8, 4) is 0 Å². The van der Waals surface area contributed by atoms with Crippen molar-refractivity contribution in [1.82, 2.24) is 4.90 Å². The van der Waals surface area contributed by atoms with Crippen LogP contribution in [0.2, 0.25) is 0 Å². The standard InChI is InChI=1S/C13H28N2/c1-12(6-4-8-14)10-15-9-5-7-13(2,3)11-15/h12H,4-11,14H2,1-3H3. The number of hydrogen-bond donors (Lipinski definition) is 1. The van der Waals surface area contributed by atoms with Gasteiger partial charge in [-0.25, -0.2) is 0 Å². The summed E-state index contributed by atoms with van der Waals surface area (Å²) in [6.45, 7) is 11.8. The average molecular weight is 212 g/mol. The lowest BCUT2D eigenvalue weighted by molar-refractivity contribution is 0.103. The molecule has 2 nitrogen and oxygen atoms in total. The monoisotopic (exact) mass is 212 g/mol. The molecular weight excluding hydrogens is 184 g/mol. The topological polar surface area (TPSA) is 29.3 Å². The van der Waals surface area contributed by atoms with Crippen LogP contribution in [0.5, 0.6) is 0 Å². The first kappa shape index (κ1) is 13.0. The fourth-order valence-corrected chi connectivity index (χ4v) is 2.70. The zero-order chi connectivity index (χ0) is 11.3. The van der Waals surface area contributed by atoms with Gasteiger partial charge in [0.25, 0.3) is 0 Å². The highest BCUT2D eigenvalue weighted by Gasteiger charge is 2.26. The van der Waals surface area contributed by atoms with Gasteiger partial charge in [0.05, 0.1) is 0 Å². The SMILES string of the molecule is CC(CCCN)CN1CCCC(C)(C)C1. The molecule has 0 saturated carbocycles. The lowest BCUT2D eigenvalue weighted by atomic mass is 9.84. The Morgan fingerprint density at radius 3 is 2.73 bits per heavy atom. The number of hydrogen-bond acceptors (Lipinski definition) is 2. The average Bonchev–Trinajstić information content (AvgIpc) is 2.13. The van der Waals surface area contributed by atoms with Crippen molar-refractivity contribution in [1.29, 1.82) is 0 Å². The highest BCUT2D eigenvalue weighted by molar-refractivity contribution is 4.80. The third-order valence-electron chi connectivity index (χ3n) is 3.45. The third kappa shape index (κ3) is 4.98. The van der Waals surface area contributed by atoms with Crippen LogP contribution in [0.1, 0.15) is 46.5 Å². The summed E-state index contributed by atoms with van der Waals surface area (Å²) in [6, 6.07) is 0. The minimum Gasteiger partial charge on any atom is -0.330 e. The van der Waals surface area contributed by atoms with E-state index in [1.54, 1.807) is 0 Å². The van der Waals surface area contributed by atoms with E-state index in [0.29, 0.717) is 5.41 Å². The molecule has 0 amide bonds. The number of rotatable bonds is 5. The van der Waals surface area contributed by atoms with Crippen LogP contribution in [0, 0.1) is 11.3 Å². The Kier molecular flexibility index (Phi) is 5.07. The summed E-state index contributed by atoms with van der Waals surface area (Å²) in [6.07, 6.45) is 5.23. The molecule has 1 saturated heterocycles. The predicted molar refractivity (Wildman–Crippen MR) is 66.9 cm³/mol. The van der Waals surface area contributed by atoms with Crippen LogP contribution in [0.4, 0.5) is 0 Å². The maximum Gasteiger partial charge on any atom is 0.00328 e. The molecule has 0 aromatic heterocycles. The number of nitrogens with zero attached hydrogens (tertiary/aromatic N) is 1. The first-order valence-electron chi connectivity index (χ1n) is 6.46. The minimum atomic E-state index is 0.534. The molecule has 0 aliphatic carbocycles. The minimum absolute atomic E-state index is 0.534. The lowest BCUT2D eigenvalue weighted by Gasteiger charge is -2.39. The van der Waals surface area contributed by atoms with E-state index in [-0.39, 0.29) is 0 Å². The van der Waals surface area contributed by atoms with E-state index in [1.807, 2.05) is 0 Å². The van der Waals surface area contributed by atoms with Crippen molar-refractivity contribution >= 4 is 0 Å². The molecule has 2 heteroatoms. The molecule has 1 fully saturated rings. The van der Waals surface area contributed by atoms with Gasteiger partial charge in [0.2, 0.25) is 0 Å². The van der Waals surface area contributed by atoms with E-state index < -0.39 is 0 Å². The van der Waals surface area contributed by atoms with Crippen molar-refractivity contribution in [2.24, 2.45) is 17.1 Å². The van der Waals surface area contributed by atoms with Gasteiger partial charge in [-0.2, -0.15) is 0 Å². The van der Waals surface area contributed by atoms with Crippen LogP contribution in [-0.4, -0.2) is 31.1 Å². The Bertz CT molecular complexity index is 177. The Morgan fingerprint density at radius 2 is 2.13 bits per heavy atom. The molecule has 0 bridgehead atoms. The molecule has 1 atom stereocenters. The summed E-state index contributed by atoms with van der Waals surface area (Å²) in [5.41, 5.74) is 6.07. The zero-order valence-electron chi connectivity index (χ0n) is 10.8. The third-order valence-corrected chi connectivity index (χ3v) is 3.45. The molecule has 1 unspecified atom stereocenters. The quantitative estimate of drug-likeness (QED) is 0.758. The van der Waals surface area contributed by atoms with Crippen LogP contribution in [-0.2, 0) is 0 Å². The van der Waals surface area contributed by atoms with Gasteiger partial charge in [-0.15, -0.1) is 0 Å². The second-order valence-electron chi connectivity index (χ2n) is 6.04. The van der Waals surface area contributed by atoms with E-state index in [9.17, 15) is 0 Å². The highest BCUT2D eigenvalue weighted by Crippen LogP contribution is 2.28. The molecule has 2 N–H and O–H groups in total. The van der Waals surface area contributed by atoms with Gasteiger partial charge in [-0.1, -0.05) is 20.8 Å². The molecule has 15 heavy (non-hydrogen) atoms. The first-order chi connectivity index (χ1) is 7.03. The van der Waals surface area contributed by atoms with Gasteiger partial charge in [0.1, 0.15) is 0 Å². The van der Waals surface area contributed by atoms with Gasteiger partial charge in [0, 0.05) is 13.1 Å². The van der Waals surface area contributed by atoms with Gasteiger partial charge in [0.15, 0.2) is 0 Å². The summed E-state index contributed by atoms with van der Waals surface area (Å²) in [5.74, 6) is 0.808. The van der Waals surface area contributed by atoms with E-state index in [1.165, 1.54) is 45.3 Å². The lowest BCUT2D eigenvalue weighted by Crippen LogP contribution is -2.42.